The Hall–Kier alpha value is -2.66. The second kappa shape index (κ2) is 13.0. The van der Waals surface area contributed by atoms with Gasteiger partial charge in [-0.25, -0.2) is 0 Å². The Kier molecular flexibility index (Phi) is 11.5. The summed E-state index contributed by atoms with van der Waals surface area (Å²) in [6, 6.07) is 19.1. The van der Waals surface area contributed by atoms with Crippen LogP contribution in [0.1, 0.15) is 25.0 Å². The zero-order chi connectivity index (χ0) is 17.5. The molecule has 2 aromatic rings. The average molecular weight is 318 g/mol. The molecule has 2 rings (SSSR count). The third-order valence-electron chi connectivity index (χ3n) is 2.31. The fourth-order valence-corrected chi connectivity index (χ4v) is 1.34. The molecule has 0 aliphatic heterocycles. The second-order valence-electron chi connectivity index (χ2n) is 4.43. The van der Waals surface area contributed by atoms with Gasteiger partial charge < -0.3 is 14.9 Å². The number of benzene rings is 2. The van der Waals surface area contributed by atoms with Crippen LogP contribution >= 0.6 is 0 Å². The molecule has 2 aromatic carbocycles. The molecule has 5 heteroatoms. The van der Waals surface area contributed by atoms with Crippen LogP contribution in [0.5, 0.6) is 0 Å². The summed E-state index contributed by atoms with van der Waals surface area (Å²) >= 11 is 0. The van der Waals surface area contributed by atoms with Gasteiger partial charge in [0.15, 0.2) is 0 Å². The van der Waals surface area contributed by atoms with Crippen molar-refractivity contribution in [2.75, 3.05) is 0 Å². The maximum absolute atomic E-state index is 10.4. The number of carboxylic acid groups (broad SMARTS) is 1. The van der Waals surface area contributed by atoms with E-state index in [1.54, 1.807) is 0 Å². The van der Waals surface area contributed by atoms with E-state index in [1.807, 2.05) is 60.7 Å². The summed E-state index contributed by atoms with van der Waals surface area (Å²) in [6.45, 7) is 3.00. The highest BCUT2D eigenvalue weighted by Crippen LogP contribution is 1.99. The molecule has 0 aliphatic rings. The van der Waals surface area contributed by atoms with Crippen molar-refractivity contribution >= 4 is 11.9 Å². The van der Waals surface area contributed by atoms with Gasteiger partial charge in [-0.3, -0.25) is 9.59 Å². The molecule has 0 radical (unpaired) electrons. The molecule has 2 N–H and O–H groups in total. The number of esters is 1. The van der Waals surface area contributed by atoms with Crippen molar-refractivity contribution in [3.63, 3.8) is 0 Å². The van der Waals surface area contributed by atoms with Gasteiger partial charge in [0.25, 0.3) is 5.97 Å². The molecular weight excluding hydrogens is 296 g/mol. The molecule has 0 amide bonds. The zero-order valence-corrected chi connectivity index (χ0v) is 13.3. The van der Waals surface area contributed by atoms with E-state index in [0.717, 1.165) is 18.1 Å². The maximum atomic E-state index is 10.4. The Morgan fingerprint density at radius 1 is 0.870 bits per heavy atom. The smallest absolute Gasteiger partial charge is 0.302 e. The first-order chi connectivity index (χ1) is 11.0. The molecular formula is C18H22O5. The van der Waals surface area contributed by atoms with Gasteiger partial charge >= 0.3 is 5.97 Å². The first kappa shape index (κ1) is 20.3. The SMILES string of the molecule is CC(=O)O.CC(=O)OCc1ccccc1.OCc1ccccc1. The topological polar surface area (TPSA) is 83.8 Å². The quantitative estimate of drug-likeness (QED) is 0.850. The van der Waals surface area contributed by atoms with Gasteiger partial charge in [-0.15, -0.1) is 0 Å². The predicted molar refractivity (Wildman–Crippen MR) is 87.6 cm³/mol. The van der Waals surface area contributed by atoms with E-state index in [9.17, 15) is 4.79 Å². The molecule has 124 valence electrons. The van der Waals surface area contributed by atoms with Crippen molar-refractivity contribution in [2.24, 2.45) is 0 Å². The summed E-state index contributed by atoms with van der Waals surface area (Å²) in [6.07, 6.45) is 0. The molecule has 23 heavy (non-hydrogen) atoms. The number of carbonyl (C=O) groups is 2. The Labute approximate surface area is 136 Å². The third kappa shape index (κ3) is 14.1. The summed E-state index contributed by atoms with van der Waals surface area (Å²) < 4.78 is 4.79. The van der Waals surface area contributed by atoms with E-state index in [0.29, 0.717) is 6.61 Å². The molecule has 0 aromatic heterocycles. The lowest BCUT2D eigenvalue weighted by atomic mass is 10.2. The van der Waals surface area contributed by atoms with E-state index in [2.05, 4.69) is 0 Å². The molecule has 0 unspecified atom stereocenters. The third-order valence-corrected chi connectivity index (χ3v) is 2.31. The van der Waals surface area contributed by atoms with Gasteiger partial charge in [0.2, 0.25) is 0 Å². The van der Waals surface area contributed by atoms with Crippen molar-refractivity contribution in [3.05, 3.63) is 71.8 Å². The number of aliphatic carboxylic acids is 1. The lowest BCUT2D eigenvalue weighted by Gasteiger charge is -1.99. The number of aliphatic hydroxyl groups is 1. The summed E-state index contributed by atoms with van der Waals surface area (Å²) in [5.41, 5.74) is 1.98. The van der Waals surface area contributed by atoms with Crippen LogP contribution in [-0.2, 0) is 27.5 Å². The van der Waals surface area contributed by atoms with E-state index >= 15 is 0 Å². The van der Waals surface area contributed by atoms with Crippen molar-refractivity contribution in [2.45, 2.75) is 27.1 Å². The van der Waals surface area contributed by atoms with Crippen LogP contribution in [0.4, 0.5) is 0 Å². The Balaban J connectivity index is 0.000000354. The molecule has 0 saturated carbocycles. The predicted octanol–water partition coefficient (Wildman–Crippen LogP) is 3.02. The summed E-state index contributed by atoms with van der Waals surface area (Å²) in [5.74, 6) is -1.08. The van der Waals surface area contributed by atoms with Crippen molar-refractivity contribution < 1.29 is 24.5 Å². The van der Waals surface area contributed by atoms with E-state index in [1.165, 1.54) is 6.92 Å². The van der Waals surface area contributed by atoms with Crippen molar-refractivity contribution in [1.82, 2.24) is 0 Å². The highest BCUT2D eigenvalue weighted by Gasteiger charge is 1.93. The number of carbonyl (C=O) groups excluding carboxylic acids is 1. The lowest BCUT2D eigenvalue weighted by molar-refractivity contribution is -0.142. The minimum absolute atomic E-state index is 0.140. The molecule has 0 bridgehead atoms. The minimum Gasteiger partial charge on any atom is -0.481 e. The molecule has 0 atom stereocenters. The van der Waals surface area contributed by atoms with E-state index in [-0.39, 0.29) is 12.6 Å². The van der Waals surface area contributed by atoms with Gasteiger partial charge in [0.1, 0.15) is 6.61 Å². The number of ether oxygens (including phenoxy) is 1. The van der Waals surface area contributed by atoms with E-state index in [4.69, 9.17) is 19.7 Å². The zero-order valence-electron chi connectivity index (χ0n) is 13.3. The number of carboxylic acids is 1. The maximum Gasteiger partial charge on any atom is 0.302 e. The summed E-state index contributed by atoms with van der Waals surface area (Å²) in [7, 11) is 0. The Bertz CT molecular complexity index is 548. The van der Waals surface area contributed by atoms with E-state index < -0.39 is 5.97 Å². The highest BCUT2D eigenvalue weighted by molar-refractivity contribution is 5.65. The van der Waals surface area contributed by atoms with Gasteiger partial charge in [0.05, 0.1) is 6.61 Å². The fourth-order valence-electron chi connectivity index (χ4n) is 1.34. The average Bonchev–Trinajstić information content (AvgIpc) is 2.55. The van der Waals surface area contributed by atoms with Gasteiger partial charge in [-0.05, 0) is 11.1 Å². The first-order valence-electron chi connectivity index (χ1n) is 6.97. The number of rotatable bonds is 3. The number of hydrogen-bond acceptors (Lipinski definition) is 4. The molecule has 5 nitrogen and oxygen atoms in total. The van der Waals surface area contributed by atoms with Gasteiger partial charge in [-0.2, -0.15) is 0 Å². The van der Waals surface area contributed by atoms with Crippen LogP contribution in [0.25, 0.3) is 0 Å². The molecule has 0 saturated heterocycles. The Morgan fingerprint density at radius 2 is 1.26 bits per heavy atom. The minimum atomic E-state index is -0.833. The number of hydrogen-bond donors (Lipinski definition) is 2. The molecule has 0 aliphatic carbocycles. The summed E-state index contributed by atoms with van der Waals surface area (Å²) in [5, 5.41) is 16.0. The van der Waals surface area contributed by atoms with Crippen LogP contribution in [0.3, 0.4) is 0 Å². The lowest BCUT2D eigenvalue weighted by Crippen LogP contribution is -1.97. The van der Waals surface area contributed by atoms with Crippen molar-refractivity contribution in [1.29, 1.82) is 0 Å². The molecule has 0 fully saturated rings. The van der Waals surface area contributed by atoms with Crippen LogP contribution in [-0.4, -0.2) is 22.2 Å². The standard InChI is InChI=1S/C9H10O2.C7H8O.C2H4O2/c1-8(10)11-7-9-5-3-2-4-6-9;8-6-7-4-2-1-3-5-7;1-2(3)4/h2-6H,7H2,1H3;1-5,8H,6H2;1H3,(H,3,4). The van der Waals surface area contributed by atoms with Gasteiger partial charge in [-0.1, -0.05) is 60.7 Å². The monoisotopic (exact) mass is 318 g/mol. The van der Waals surface area contributed by atoms with Gasteiger partial charge in [0, 0.05) is 13.8 Å². The molecule has 0 spiro atoms. The van der Waals surface area contributed by atoms with Crippen molar-refractivity contribution in [3.8, 4) is 0 Å². The normalized spacial score (nSPS) is 8.65. The van der Waals surface area contributed by atoms with Crippen LogP contribution in [0, 0.1) is 0 Å². The van der Waals surface area contributed by atoms with Crippen LogP contribution in [0.15, 0.2) is 60.7 Å². The largest absolute Gasteiger partial charge is 0.481 e. The molecule has 0 heterocycles. The van der Waals surface area contributed by atoms with Crippen LogP contribution < -0.4 is 0 Å². The fraction of sp³-hybridized carbons (Fsp3) is 0.222. The number of aliphatic hydroxyl groups excluding tert-OH is 1. The highest BCUT2D eigenvalue weighted by atomic mass is 16.5. The summed E-state index contributed by atoms with van der Waals surface area (Å²) in [4.78, 5) is 19.4. The Morgan fingerprint density at radius 3 is 1.57 bits per heavy atom. The van der Waals surface area contributed by atoms with Crippen LogP contribution in [0.2, 0.25) is 0 Å². The first-order valence-corrected chi connectivity index (χ1v) is 6.97. The second-order valence-corrected chi connectivity index (χ2v) is 4.43.